The Labute approximate surface area is 152 Å². The van der Waals surface area contributed by atoms with Gasteiger partial charge in [-0.2, -0.15) is 0 Å². The third-order valence-corrected chi connectivity index (χ3v) is 6.33. The molecular formula is C17H20F2N2O4S. The van der Waals surface area contributed by atoms with E-state index in [1.165, 1.54) is 6.92 Å². The number of hydrogen-bond acceptors (Lipinski definition) is 4. The summed E-state index contributed by atoms with van der Waals surface area (Å²) in [6.07, 6.45) is 0.723. The lowest BCUT2D eigenvalue weighted by atomic mass is 10.0. The number of benzene rings is 1. The van der Waals surface area contributed by atoms with Crippen LogP contribution in [0.2, 0.25) is 0 Å². The maximum atomic E-state index is 14.6. The Hall–Kier alpha value is -2.03. The Bertz CT molecular complexity index is 735. The first kappa shape index (κ1) is 18.8. The molecule has 142 valence electrons. The van der Waals surface area contributed by atoms with E-state index in [1.54, 1.807) is 0 Å². The minimum absolute atomic E-state index is 0.0423. The zero-order valence-electron chi connectivity index (χ0n) is 14.3. The fourth-order valence-corrected chi connectivity index (χ4v) is 4.94. The normalized spacial score (nSPS) is 25.9. The summed E-state index contributed by atoms with van der Waals surface area (Å²) in [5.41, 5.74) is -0.130. The number of nitrogens with one attached hydrogen (secondary N) is 1. The van der Waals surface area contributed by atoms with E-state index in [2.05, 4.69) is 5.32 Å². The highest BCUT2D eigenvalue weighted by Crippen LogP contribution is 2.36. The van der Waals surface area contributed by atoms with Crippen LogP contribution in [-0.2, 0) is 20.3 Å². The van der Waals surface area contributed by atoms with Crippen LogP contribution in [0.4, 0.5) is 19.3 Å². The second-order valence-electron chi connectivity index (χ2n) is 6.45. The predicted octanol–water partition coefficient (Wildman–Crippen LogP) is 2.40. The van der Waals surface area contributed by atoms with Crippen LogP contribution in [0.3, 0.4) is 0 Å². The number of carbonyl (C=O) groups is 2. The third kappa shape index (κ3) is 3.87. The zero-order chi connectivity index (χ0) is 18.8. The molecule has 0 aromatic heterocycles. The summed E-state index contributed by atoms with van der Waals surface area (Å²) in [7, 11) is -1.30. The number of carbonyl (C=O) groups excluding carboxylic acids is 2. The number of hydrogen-bond donors (Lipinski definition) is 1. The molecule has 0 saturated carbocycles. The van der Waals surface area contributed by atoms with Gasteiger partial charge in [0.2, 0.25) is 5.91 Å². The summed E-state index contributed by atoms with van der Waals surface area (Å²) in [4.78, 5) is 24.1. The van der Waals surface area contributed by atoms with Crippen LogP contribution in [0.25, 0.3) is 0 Å². The molecule has 0 spiro atoms. The van der Waals surface area contributed by atoms with Gasteiger partial charge in [-0.1, -0.05) is 6.42 Å². The molecule has 3 rings (SSSR count). The number of rotatable bonds is 4. The number of nitrogens with zero attached hydrogens (tertiary/aromatic N) is 1. The van der Waals surface area contributed by atoms with E-state index in [0.717, 1.165) is 29.9 Å². The van der Waals surface area contributed by atoms with E-state index in [9.17, 15) is 22.6 Å². The minimum atomic E-state index is -1.30. The van der Waals surface area contributed by atoms with Crippen molar-refractivity contribution >= 4 is 28.5 Å². The van der Waals surface area contributed by atoms with Gasteiger partial charge in [0.05, 0.1) is 24.0 Å². The molecule has 2 unspecified atom stereocenters. The fourth-order valence-electron chi connectivity index (χ4n) is 3.25. The van der Waals surface area contributed by atoms with E-state index >= 15 is 0 Å². The SMILES string of the molecule is CC(=O)NC[C@H]1CN(c2cc(F)c(C3CCCCS3=O)c(F)c2)C(=O)O1. The molecule has 0 aliphatic carbocycles. The van der Waals surface area contributed by atoms with Crippen molar-refractivity contribution in [1.29, 1.82) is 0 Å². The second kappa shape index (κ2) is 7.69. The summed E-state index contributed by atoms with van der Waals surface area (Å²) < 4.78 is 46.4. The van der Waals surface area contributed by atoms with Crippen LogP contribution < -0.4 is 10.2 Å². The number of anilines is 1. The number of amides is 2. The minimum Gasteiger partial charge on any atom is -0.442 e. The van der Waals surface area contributed by atoms with Gasteiger partial charge in [0, 0.05) is 29.0 Å². The van der Waals surface area contributed by atoms with Gasteiger partial charge in [0.1, 0.15) is 17.7 Å². The zero-order valence-corrected chi connectivity index (χ0v) is 15.1. The summed E-state index contributed by atoms with van der Waals surface area (Å²) in [6, 6.07) is 2.15. The first-order chi connectivity index (χ1) is 12.4. The average Bonchev–Trinajstić information content (AvgIpc) is 2.95. The van der Waals surface area contributed by atoms with Crippen molar-refractivity contribution in [2.45, 2.75) is 37.5 Å². The Morgan fingerprint density at radius 2 is 2.04 bits per heavy atom. The predicted molar refractivity (Wildman–Crippen MR) is 92.3 cm³/mol. The molecule has 2 amide bonds. The molecular weight excluding hydrogens is 366 g/mol. The highest BCUT2D eigenvalue weighted by atomic mass is 32.2. The van der Waals surface area contributed by atoms with Gasteiger partial charge in [-0.05, 0) is 25.0 Å². The van der Waals surface area contributed by atoms with Crippen molar-refractivity contribution in [3.05, 3.63) is 29.3 Å². The van der Waals surface area contributed by atoms with Crippen molar-refractivity contribution in [3.8, 4) is 0 Å². The van der Waals surface area contributed by atoms with Gasteiger partial charge in [-0.25, -0.2) is 13.6 Å². The Morgan fingerprint density at radius 1 is 1.35 bits per heavy atom. The molecule has 6 nitrogen and oxygen atoms in total. The molecule has 9 heteroatoms. The van der Waals surface area contributed by atoms with Gasteiger partial charge in [-0.15, -0.1) is 0 Å². The molecule has 1 aromatic rings. The van der Waals surface area contributed by atoms with E-state index in [4.69, 9.17) is 4.74 Å². The molecule has 1 aromatic carbocycles. The van der Waals surface area contributed by atoms with E-state index in [1.807, 2.05) is 0 Å². The molecule has 1 N–H and O–H groups in total. The summed E-state index contributed by atoms with van der Waals surface area (Å²) >= 11 is 0. The average molecular weight is 386 g/mol. The summed E-state index contributed by atoms with van der Waals surface area (Å²) in [5, 5.41) is 1.88. The molecule has 2 heterocycles. The molecule has 26 heavy (non-hydrogen) atoms. The van der Waals surface area contributed by atoms with E-state index in [0.29, 0.717) is 12.2 Å². The van der Waals surface area contributed by atoms with E-state index < -0.39 is 39.9 Å². The van der Waals surface area contributed by atoms with Crippen molar-refractivity contribution in [1.82, 2.24) is 5.32 Å². The summed E-state index contributed by atoms with van der Waals surface area (Å²) in [6.45, 7) is 1.54. The van der Waals surface area contributed by atoms with Gasteiger partial charge in [-0.3, -0.25) is 13.9 Å². The van der Waals surface area contributed by atoms with Crippen LogP contribution in [0, 0.1) is 11.6 Å². The number of ether oxygens (including phenoxy) is 1. The van der Waals surface area contributed by atoms with Crippen LogP contribution >= 0.6 is 0 Å². The number of cyclic esters (lactones) is 1. The van der Waals surface area contributed by atoms with Crippen LogP contribution in [0.15, 0.2) is 12.1 Å². The molecule has 2 aliphatic rings. The van der Waals surface area contributed by atoms with Crippen LogP contribution in [0.1, 0.15) is 37.0 Å². The Balaban J connectivity index is 1.80. The molecule has 3 atom stereocenters. The smallest absolute Gasteiger partial charge is 0.414 e. The van der Waals surface area contributed by atoms with Crippen LogP contribution in [0.5, 0.6) is 0 Å². The Morgan fingerprint density at radius 3 is 2.65 bits per heavy atom. The van der Waals surface area contributed by atoms with Crippen molar-refractivity contribution < 1.29 is 27.3 Å². The second-order valence-corrected chi connectivity index (χ2v) is 8.18. The maximum Gasteiger partial charge on any atom is 0.414 e. The van der Waals surface area contributed by atoms with Crippen molar-refractivity contribution in [2.24, 2.45) is 0 Å². The molecule has 0 bridgehead atoms. The van der Waals surface area contributed by atoms with Gasteiger partial charge >= 0.3 is 6.09 Å². The topological polar surface area (TPSA) is 75.7 Å². The fraction of sp³-hybridized carbons (Fsp3) is 0.529. The van der Waals surface area contributed by atoms with Crippen molar-refractivity contribution in [2.75, 3.05) is 23.7 Å². The Kier molecular flexibility index (Phi) is 5.55. The quantitative estimate of drug-likeness (QED) is 0.862. The molecule has 2 saturated heterocycles. The lowest BCUT2D eigenvalue weighted by molar-refractivity contribution is -0.119. The maximum absolute atomic E-state index is 14.6. The first-order valence-electron chi connectivity index (χ1n) is 8.45. The monoisotopic (exact) mass is 386 g/mol. The molecule has 2 aliphatic heterocycles. The number of halogens is 2. The summed E-state index contributed by atoms with van der Waals surface area (Å²) in [5.74, 6) is -1.44. The van der Waals surface area contributed by atoms with Gasteiger partial charge < -0.3 is 10.1 Å². The standard InChI is InChI=1S/C17H20F2N2O4S/c1-10(22)20-8-12-9-21(17(23)25-12)11-6-13(18)16(14(19)7-11)15-4-2-3-5-26(15)24/h6-7,12,15H,2-5,8-9H2,1H3,(H,20,22)/t12-,15?,26?/m0/s1. The molecule has 2 fully saturated rings. The van der Waals surface area contributed by atoms with Crippen LogP contribution in [-0.4, -0.2) is 41.2 Å². The first-order valence-corrected chi connectivity index (χ1v) is 9.83. The van der Waals surface area contributed by atoms with E-state index in [-0.39, 0.29) is 30.2 Å². The lowest BCUT2D eigenvalue weighted by Crippen LogP contribution is -2.33. The van der Waals surface area contributed by atoms with Gasteiger partial charge in [0.15, 0.2) is 0 Å². The third-order valence-electron chi connectivity index (χ3n) is 4.53. The van der Waals surface area contributed by atoms with Crippen molar-refractivity contribution in [3.63, 3.8) is 0 Å². The van der Waals surface area contributed by atoms with Gasteiger partial charge in [0.25, 0.3) is 0 Å². The lowest BCUT2D eigenvalue weighted by Gasteiger charge is -2.23. The highest BCUT2D eigenvalue weighted by Gasteiger charge is 2.35. The molecule has 0 radical (unpaired) electrons. The largest absolute Gasteiger partial charge is 0.442 e. The highest BCUT2D eigenvalue weighted by molar-refractivity contribution is 7.85.